The fourth-order valence-corrected chi connectivity index (χ4v) is 5.14. The third-order valence-corrected chi connectivity index (χ3v) is 7.69. The lowest BCUT2D eigenvalue weighted by Gasteiger charge is -2.22. The Labute approximate surface area is 206 Å². The predicted octanol–water partition coefficient (Wildman–Crippen LogP) is 3.50. The van der Waals surface area contributed by atoms with E-state index in [1.165, 1.54) is 28.6 Å². The minimum atomic E-state index is -3.71. The Bertz CT molecular complexity index is 1250. The van der Waals surface area contributed by atoms with Gasteiger partial charge in [-0.1, -0.05) is 45.9 Å². The number of H-pyrrole nitrogens is 1. The Hall–Kier alpha value is -3.50. The van der Waals surface area contributed by atoms with E-state index in [1.54, 1.807) is 32.2 Å². The van der Waals surface area contributed by atoms with Crippen molar-refractivity contribution in [3.8, 4) is 11.3 Å². The fourth-order valence-electron chi connectivity index (χ4n) is 3.64. The van der Waals surface area contributed by atoms with E-state index in [0.717, 1.165) is 11.3 Å². The molecule has 1 aromatic heterocycles. The molecule has 2 aromatic carbocycles. The molecule has 186 valence electrons. The number of benzene rings is 2. The van der Waals surface area contributed by atoms with E-state index in [2.05, 4.69) is 20.8 Å². The lowest BCUT2D eigenvalue weighted by atomic mass is 10.0. The molecule has 9 nitrogen and oxygen atoms in total. The van der Waals surface area contributed by atoms with Crippen molar-refractivity contribution in [3.05, 3.63) is 66.4 Å². The third kappa shape index (κ3) is 6.14. The van der Waals surface area contributed by atoms with E-state index in [1.807, 2.05) is 32.0 Å². The molecule has 0 spiro atoms. The van der Waals surface area contributed by atoms with Gasteiger partial charge in [-0.05, 0) is 47.9 Å². The maximum atomic E-state index is 13.0. The number of nitrogens with one attached hydrogen (secondary N) is 3. The Morgan fingerprint density at radius 1 is 1.03 bits per heavy atom. The molecule has 3 rings (SSSR count). The highest BCUT2D eigenvalue weighted by molar-refractivity contribution is 7.89. The normalized spacial score (nSPS) is 12.5. The number of carbonyl (C=O) groups is 2. The number of hydrogen-bond acceptors (Lipinski definition) is 5. The van der Waals surface area contributed by atoms with Crippen molar-refractivity contribution in [2.45, 2.75) is 38.6 Å². The first-order valence-electron chi connectivity index (χ1n) is 11.5. The van der Waals surface area contributed by atoms with Crippen LogP contribution in [-0.4, -0.2) is 53.9 Å². The molecule has 1 atom stereocenters. The van der Waals surface area contributed by atoms with Crippen LogP contribution >= 0.6 is 0 Å². The van der Waals surface area contributed by atoms with Gasteiger partial charge < -0.3 is 10.6 Å². The zero-order valence-corrected chi connectivity index (χ0v) is 21.1. The van der Waals surface area contributed by atoms with Gasteiger partial charge in [-0.15, -0.1) is 0 Å². The van der Waals surface area contributed by atoms with Crippen molar-refractivity contribution in [2.24, 2.45) is 5.92 Å². The van der Waals surface area contributed by atoms with E-state index in [9.17, 15) is 18.0 Å². The van der Waals surface area contributed by atoms with Gasteiger partial charge in [0.05, 0.1) is 10.6 Å². The average Bonchev–Trinajstić information content (AvgIpc) is 3.38. The fraction of sp³-hybridized carbons (Fsp3) is 0.320. The van der Waals surface area contributed by atoms with Crippen LogP contribution in [0.4, 0.5) is 5.69 Å². The molecule has 10 heteroatoms. The highest BCUT2D eigenvalue weighted by atomic mass is 32.2. The second-order valence-corrected chi connectivity index (χ2v) is 10.3. The van der Waals surface area contributed by atoms with Crippen LogP contribution in [0.1, 0.15) is 38.1 Å². The molecule has 0 saturated carbocycles. The van der Waals surface area contributed by atoms with Gasteiger partial charge in [-0.25, -0.2) is 8.42 Å². The lowest BCUT2D eigenvalue weighted by Crippen LogP contribution is -2.47. The van der Waals surface area contributed by atoms with Gasteiger partial charge in [0, 0.05) is 30.5 Å². The summed E-state index contributed by atoms with van der Waals surface area (Å²) in [5.41, 5.74) is 2.54. The number of hydrogen-bond donors (Lipinski definition) is 3. The molecule has 3 N–H and O–H groups in total. The summed E-state index contributed by atoms with van der Waals surface area (Å²) < 4.78 is 27.0. The molecule has 1 heterocycles. The number of sulfonamides is 1. The highest BCUT2D eigenvalue weighted by Crippen LogP contribution is 2.20. The number of aromatic nitrogens is 2. The zero-order valence-electron chi connectivity index (χ0n) is 20.3. The number of rotatable bonds is 10. The first-order valence-corrected chi connectivity index (χ1v) is 12.9. The summed E-state index contributed by atoms with van der Waals surface area (Å²) in [4.78, 5) is 26.0. The second-order valence-electron chi connectivity index (χ2n) is 8.35. The van der Waals surface area contributed by atoms with Crippen molar-refractivity contribution < 1.29 is 18.0 Å². The number of amides is 2. The molecular weight excluding hydrogens is 466 g/mol. The van der Waals surface area contributed by atoms with Crippen molar-refractivity contribution in [2.75, 3.05) is 18.4 Å². The molecule has 0 aliphatic heterocycles. The molecule has 0 aliphatic carbocycles. The van der Waals surface area contributed by atoms with Gasteiger partial charge in [0.15, 0.2) is 0 Å². The van der Waals surface area contributed by atoms with Gasteiger partial charge in [-0.2, -0.15) is 9.40 Å². The Balaban J connectivity index is 1.73. The van der Waals surface area contributed by atoms with Crippen molar-refractivity contribution in [1.82, 2.24) is 19.8 Å². The largest absolute Gasteiger partial charge is 0.340 e. The zero-order chi connectivity index (χ0) is 25.6. The molecule has 3 aromatic rings. The topological polar surface area (TPSA) is 124 Å². The highest BCUT2D eigenvalue weighted by Gasteiger charge is 2.26. The first kappa shape index (κ1) is 26.1. The maximum absolute atomic E-state index is 13.0. The minimum absolute atomic E-state index is 0.0387. The van der Waals surface area contributed by atoms with E-state index < -0.39 is 22.0 Å². The average molecular weight is 498 g/mol. The molecule has 0 saturated heterocycles. The summed E-state index contributed by atoms with van der Waals surface area (Å²) in [7, 11) is -3.71. The Morgan fingerprint density at radius 3 is 2.29 bits per heavy atom. The van der Waals surface area contributed by atoms with Gasteiger partial charge in [0.2, 0.25) is 15.9 Å². The smallest absolute Gasteiger partial charge is 0.251 e. The minimum Gasteiger partial charge on any atom is -0.340 e. The van der Waals surface area contributed by atoms with Crippen LogP contribution in [0.25, 0.3) is 11.3 Å². The van der Waals surface area contributed by atoms with Crippen LogP contribution in [0.5, 0.6) is 0 Å². The second kappa shape index (κ2) is 11.3. The summed E-state index contributed by atoms with van der Waals surface area (Å²) in [6, 6.07) is 14.1. The molecule has 0 fully saturated rings. The number of aromatic amines is 1. The quantitative estimate of drug-likeness (QED) is 0.395. The summed E-state index contributed by atoms with van der Waals surface area (Å²) in [6.07, 6.45) is 1.66. The molecule has 0 bridgehead atoms. The van der Waals surface area contributed by atoms with Gasteiger partial charge >= 0.3 is 0 Å². The van der Waals surface area contributed by atoms with Crippen molar-refractivity contribution >= 4 is 27.5 Å². The van der Waals surface area contributed by atoms with Crippen molar-refractivity contribution in [1.29, 1.82) is 0 Å². The van der Waals surface area contributed by atoms with Crippen LogP contribution in [0.3, 0.4) is 0 Å². The van der Waals surface area contributed by atoms with E-state index >= 15 is 0 Å². The van der Waals surface area contributed by atoms with Gasteiger partial charge in [0.1, 0.15) is 6.04 Å². The van der Waals surface area contributed by atoms with Gasteiger partial charge in [-0.3, -0.25) is 14.7 Å². The van der Waals surface area contributed by atoms with E-state index in [-0.39, 0.29) is 22.3 Å². The number of anilines is 1. The molecule has 35 heavy (non-hydrogen) atoms. The Morgan fingerprint density at radius 2 is 1.71 bits per heavy atom. The monoisotopic (exact) mass is 497 g/mol. The summed E-state index contributed by atoms with van der Waals surface area (Å²) in [5, 5.41) is 12.4. The van der Waals surface area contributed by atoms with Crippen LogP contribution in [-0.2, 0) is 14.8 Å². The van der Waals surface area contributed by atoms with E-state index in [0.29, 0.717) is 18.8 Å². The Kier molecular flexibility index (Phi) is 8.42. The van der Waals surface area contributed by atoms with E-state index in [4.69, 9.17) is 0 Å². The maximum Gasteiger partial charge on any atom is 0.251 e. The lowest BCUT2D eigenvalue weighted by molar-refractivity contribution is -0.118. The standard InChI is InChI=1S/C25H31N5O4S/c1-5-30(6-2)35(33,34)21-9-7-8-19(16-21)24(31)28-23(17(3)4)25(32)27-20-12-10-18(11-13-20)22-14-15-26-29-22/h7-17,23H,5-6H2,1-4H3,(H,26,29)(H,27,32)(H,28,31). The van der Waals surface area contributed by atoms with Crippen molar-refractivity contribution in [3.63, 3.8) is 0 Å². The van der Waals surface area contributed by atoms with Gasteiger partial charge in [0.25, 0.3) is 5.91 Å². The van der Waals surface area contributed by atoms with Crippen LogP contribution < -0.4 is 10.6 Å². The molecule has 1 unspecified atom stereocenters. The molecule has 0 aliphatic rings. The molecule has 0 radical (unpaired) electrons. The predicted molar refractivity (Wildman–Crippen MR) is 135 cm³/mol. The third-order valence-electron chi connectivity index (χ3n) is 5.64. The number of carbonyl (C=O) groups excluding carboxylic acids is 2. The van der Waals surface area contributed by atoms with Crippen LogP contribution in [0, 0.1) is 5.92 Å². The molecule has 2 amide bonds. The SMILES string of the molecule is CCN(CC)S(=O)(=O)c1cccc(C(=O)NC(C(=O)Nc2ccc(-c3ccn[nH]3)cc2)C(C)C)c1. The first-order chi connectivity index (χ1) is 16.7. The van der Waals surface area contributed by atoms with Crippen LogP contribution in [0.15, 0.2) is 65.7 Å². The summed E-state index contributed by atoms with van der Waals surface area (Å²) >= 11 is 0. The van der Waals surface area contributed by atoms with Crippen LogP contribution in [0.2, 0.25) is 0 Å². The summed E-state index contributed by atoms with van der Waals surface area (Å²) in [6.45, 7) is 7.82. The molecular formula is C25H31N5O4S. The number of nitrogens with zero attached hydrogens (tertiary/aromatic N) is 2. The summed E-state index contributed by atoms with van der Waals surface area (Å²) in [5.74, 6) is -1.09.